The van der Waals surface area contributed by atoms with E-state index in [0.29, 0.717) is 58.0 Å². The maximum Gasteiger partial charge on any atom is 0.317 e. The van der Waals surface area contributed by atoms with Crippen LogP contribution in [0.4, 0.5) is 9.18 Å². The van der Waals surface area contributed by atoms with Gasteiger partial charge >= 0.3 is 6.03 Å². The summed E-state index contributed by atoms with van der Waals surface area (Å²) < 4.78 is 24.9. The van der Waals surface area contributed by atoms with E-state index in [2.05, 4.69) is 16.7 Å². The number of rotatable bonds is 12. The Bertz CT molecular complexity index is 894. The number of nitrogens with one attached hydrogen (secondary N) is 2. The molecule has 0 bridgehead atoms. The number of aliphatic hydroxyl groups is 1. The molecule has 38 heavy (non-hydrogen) atoms. The molecule has 1 unspecified atom stereocenters. The van der Waals surface area contributed by atoms with Gasteiger partial charge in [0.25, 0.3) is 0 Å². The average molecular weight is 534 g/mol. The Labute approximate surface area is 227 Å². The van der Waals surface area contributed by atoms with E-state index in [1.165, 1.54) is 0 Å². The lowest BCUT2D eigenvalue weighted by atomic mass is 9.73. The van der Waals surface area contributed by atoms with E-state index in [1.54, 1.807) is 7.11 Å². The van der Waals surface area contributed by atoms with Crippen molar-refractivity contribution in [2.45, 2.75) is 88.4 Å². The number of carbonyl (C=O) groups is 1. The van der Waals surface area contributed by atoms with Gasteiger partial charge in [-0.3, -0.25) is 0 Å². The number of benzene rings is 1. The number of fused-ring (bicyclic) bond motifs is 1. The number of carbonyl (C=O) groups excluding carboxylic acids is 1. The van der Waals surface area contributed by atoms with Gasteiger partial charge in [0.15, 0.2) is 0 Å². The highest BCUT2D eigenvalue weighted by atomic mass is 19.1. The number of ether oxygens (including phenoxy) is 2. The summed E-state index contributed by atoms with van der Waals surface area (Å²) in [5, 5.41) is 18.8. The fourth-order valence-corrected chi connectivity index (χ4v) is 6.77. The van der Waals surface area contributed by atoms with Crippen LogP contribution in [0.5, 0.6) is 5.75 Å². The Morgan fingerprint density at radius 1 is 1.26 bits per heavy atom. The molecule has 0 spiro atoms. The molecular formula is C30H48FN3O4. The molecule has 4 rings (SSSR count). The van der Waals surface area contributed by atoms with E-state index < -0.39 is 11.8 Å². The lowest BCUT2D eigenvalue weighted by Crippen LogP contribution is -2.54. The standard InChI is InChI=1S/C30H48FN3O4/c1-32-20-26(19-22-10-12-25(31)13-11-22)33-29(35)34-16-6-8-24(21-34)30(36,15-3-4-17-37-2)27-9-5-7-23-14-18-38-28(23)27/h5,7,9,22,24-26,32,36H,3-4,6,8,10-21H2,1-2H3,(H,33,35)/t22?,24-,25?,26?,30+/m1/s1. The van der Waals surface area contributed by atoms with Crippen molar-refractivity contribution in [2.75, 3.05) is 47.0 Å². The molecule has 3 N–H and O–H groups in total. The van der Waals surface area contributed by atoms with Crippen LogP contribution in [-0.4, -0.2) is 75.3 Å². The molecule has 2 fully saturated rings. The van der Waals surface area contributed by atoms with Gasteiger partial charge in [-0.1, -0.05) is 18.2 Å². The van der Waals surface area contributed by atoms with Crippen molar-refractivity contribution in [3.63, 3.8) is 0 Å². The largest absolute Gasteiger partial charge is 0.493 e. The molecule has 214 valence electrons. The zero-order chi connectivity index (χ0) is 27.0. The summed E-state index contributed by atoms with van der Waals surface area (Å²) in [7, 11) is 3.60. The predicted molar refractivity (Wildman–Crippen MR) is 147 cm³/mol. The fraction of sp³-hybridized carbons (Fsp3) is 0.767. The molecule has 3 atom stereocenters. The zero-order valence-corrected chi connectivity index (χ0v) is 23.4. The van der Waals surface area contributed by atoms with Crippen LogP contribution >= 0.6 is 0 Å². The van der Waals surface area contributed by atoms with Crippen molar-refractivity contribution in [1.82, 2.24) is 15.5 Å². The topological polar surface area (TPSA) is 83.1 Å². The second-order valence-electron chi connectivity index (χ2n) is 11.6. The molecule has 2 amide bonds. The van der Waals surface area contributed by atoms with Crippen molar-refractivity contribution >= 4 is 6.03 Å². The number of hydrogen-bond acceptors (Lipinski definition) is 5. The molecule has 1 saturated carbocycles. The summed E-state index contributed by atoms with van der Waals surface area (Å²) in [5.74, 6) is 1.20. The summed E-state index contributed by atoms with van der Waals surface area (Å²) in [6.07, 6.45) is 8.15. The van der Waals surface area contributed by atoms with Gasteiger partial charge in [-0.25, -0.2) is 9.18 Å². The third-order valence-corrected chi connectivity index (χ3v) is 8.89. The van der Waals surface area contributed by atoms with Gasteiger partial charge in [0.2, 0.25) is 0 Å². The first-order chi connectivity index (χ1) is 18.4. The molecule has 8 heteroatoms. The summed E-state index contributed by atoms with van der Waals surface area (Å²) >= 11 is 0. The molecule has 3 aliphatic rings. The minimum Gasteiger partial charge on any atom is -0.493 e. The van der Waals surface area contributed by atoms with Crippen LogP contribution in [0.1, 0.15) is 75.3 Å². The Morgan fingerprint density at radius 2 is 2.08 bits per heavy atom. The third kappa shape index (κ3) is 7.19. The number of amides is 2. The number of urea groups is 1. The van der Waals surface area contributed by atoms with E-state index in [0.717, 1.165) is 68.2 Å². The molecular weight excluding hydrogens is 485 g/mol. The molecule has 1 aliphatic carbocycles. The smallest absolute Gasteiger partial charge is 0.317 e. The number of piperidine rings is 1. The van der Waals surface area contributed by atoms with E-state index >= 15 is 0 Å². The molecule has 2 aliphatic heterocycles. The first-order valence-corrected chi connectivity index (χ1v) is 14.7. The number of para-hydroxylation sites is 1. The van der Waals surface area contributed by atoms with E-state index in [9.17, 15) is 14.3 Å². The second-order valence-corrected chi connectivity index (χ2v) is 11.6. The Kier molecular flexibility index (Phi) is 10.7. The number of nitrogens with zero attached hydrogens (tertiary/aromatic N) is 1. The SMILES string of the molecule is CNCC(CC1CCC(F)CC1)NC(=O)N1CCC[C@@H]([C@@](O)(CCCCOC)c2cccc3c2OCC3)C1. The highest BCUT2D eigenvalue weighted by Gasteiger charge is 2.44. The van der Waals surface area contributed by atoms with Crippen LogP contribution in [0.2, 0.25) is 0 Å². The minimum absolute atomic E-state index is 0.00718. The van der Waals surface area contributed by atoms with Crippen molar-refractivity contribution in [1.29, 1.82) is 0 Å². The second kappa shape index (κ2) is 13.9. The summed E-state index contributed by atoms with van der Waals surface area (Å²) in [5.41, 5.74) is 0.950. The highest BCUT2D eigenvalue weighted by molar-refractivity contribution is 5.74. The summed E-state index contributed by atoms with van der Waals surface area (Å²) in [6.45, 7) is 3.19. The van der Waals surface area contributed by atoms with Gasteiger partial charge in [-0.15, -0.1) is 0 Å². The normalized spacial score (nSPS) is 25.8. The maximum absolute atomic E-state index is 13.6. The number of likely N-dealkylation sites (N-methyl/N-ethyl adjacent to an activating group) is 1. The van der Waals surface area contributed by atoms with Gasteiger partial charge in [0.1, 0.15) is 11.9 Å². The van der Waals surface area contributed by atoms with Crippen LogP contribution in [0.25, 0.3) is 0 Å². The molecule has 1 aromatic carbocycles. The molecule has 2 heterocycles. The number of methoxy groups -OCH3 is 1. The lowest BCUT2D eigenvalue weighted by Gasteiger charge is -2.43. The number of alkyl halides is 1. The quantitative estimate of drug-likeness (QED) is 0.343. The van der Waals surface area contributed by atoms with E-state index in [1.807, 2.05) is 24.1 Å². The van der Waals surface area contributed by atoms with Gasteiger partial charge in [0, 0.05) is 57.3 Å². The number of hydrogen-bond donors (Lipinski definition) is 3. The summed E-state index contributed by atoms with van der Waals surface area (Å²) in [4.78, 5) is 15.4. The van der Waals surface area contributed by atoms with Gasteiger partial charge in [0.05, 0.1) is 12.2 Å². The Hall–Kier alpha value is -1.90. The average Bonchev–Trinajstić information content (AvgIpc) is 3.42. The molecule has 0 radical (unpaired) electrons. The molecule has 1 aromatic rings. The predicted octanol–water partition coefficient (Wildman–Crippen LogP) is 4.55. The van der Waals surface area contributed by atoms with E-state index in [4.69, 9.17) is 9.47 Å². The Morgan fingerprint density at radius 3 is 2.84 bits per heavy atom. The van der Waals surface area contributed by atoms with Crippen LogP contribution < -0.4 is 15.4 Å². The highest BCUT2D eigenvalue weighted by Crippen LogP contribution is 2.45. The van der Waals surface area contributed by atoms with Crippen molar-refractivity contribution < 1.29 is 23.8 Å². The zero-order valence-electron chi connectivity index (χ0n) is 23.4. The molecule has 1 saturated heterocycles. The first-order valence-electron chi connectivity index (χ1n) is 14.7. The van der Waals surface area contributed by atoms with E-state index in [-0.39, 0.29) is 18.0 Å². The Balaban J connectivity index is 1.45. The monoisotopic (exact) mass is 533 g/mol. The van der Waals surface area contributed by atoms with Crippen LogP contribution in [0, 0.1) is 11.8 Å². The van der Waals surface area contributed by atoms with Gasteiger partial charge in [-0.2, -0.15) is 0 Å². The fourth-order valence-electron chi connectivity index (χ4n) is 6.77. The van der Waals surface area contributed by atoms with Gasteiger partial charge in [-0.05, 0) is 82.7 Å². The maximum atomic E-state index is 13.6. The van der Waals surface area contributed by atoms with Gasteiger partial charge < -0.3 is 30.1 Å². The number of halogens is 1. The minimum atomic E-state index is -1.07. The van der Waals surface area contributed by atoms with Crippen LogP contribution in [-0.2, 0) is 16.8 Å². The summed E-state index contributed by atoms with van der Waals surface area (Å²) in [6, 6.07) is 6.06. The number of likely N-dealkylation sites (tertiary alicyclic amines) is 1. The first kappa shape index (κ1) is 29.1. The van der Waals surface area contributed by atoms with Crippen molar-refractivity contribution in [3.8, 4) is 5.75 Å². The van der Waals surface area contributed by atoms with Crippen LogP contribution in [0.15, 0.2) is 18.2 Å². The van der Waals surface area contributed by atoms with Crippen molar-refractivity contribution in [3.05, 3.63) is 29.3 Å². The third-order valence-electron chi connectivity index (χ3n) is 8.89. The molecule has 7 nitrogen and oxygen atoms in total. The lowest BCUT2D eigenvalue weighted by molar-refractivity contribution is -0.0577. The van der Waals surface area contributed by atoms with Crippen LogP contribution in [0.3, 0.4) is 0 Å². The molecule has 0 aromatic heterocycles. The van der Waals surface area contributed by atoms with Crippen molar-refractivity contribution in [2.24, 2.45) is 11.8 Å². The number of unbranched alkanes of at least 4 members (excludes halogenated alkanes) is 1.